The molecule has 0 bridgehead atoms. The first-order chi connectivity index (χ1) is 22.7. The molecular weight excluding hydrogens is 575 g/mol. The van der Waals surface area contributed by atoms with E-state index in [0.29, 0.717) is 18.1 Å². The first-order valence-electron chi connectivity index (χ1n) is 20.0. The van der Waals surface area contributed by atoms with Crippen LogP contribution >= 0.6 is 7.26 Å². The molecule has 4 fully saturated rings. The van der Waals surface area contributed by atoms with Crippen LogP contribution in [-0.2, 0) is 0 Å². The number of allylic oxidation sites excluding steroid dienone is 5. The van der Waals surface area contributed by atoms with Crippen LogP contribution in [0, 0.1) is 5.92 Å². The molecule has 0 N–H and O–H groups in total. The van der Waals surface area contributed by atoms with Crippen molar-refractivity contribution < 1.29 is 0 Å². The second kappa shape index (κ2) is 15.3. The Morgan fingerprint density at radius 1 is 0.739 bits per heavy atom. The van der Waals surface area contributed by atoms with Crippen molar-refractivity contribution in [1.82, 2.24) is 9.80 Å². The van der Waals surface area contributed by atoms with Crippen molar-refractivity contribution in [3.8, 4) is 0 Å². The zero-order chi connectivity index (χ0) is 31.3. The van der Waals surface area contributed by atoms with Gasteiger partial charge < -0.3 is 0 Å². The van der Waals surface area contributed by atoms with Gasteiger partial charge in [0.05, 0.1) is 0 Å². The van der Waals surface area contributed by atoms with Crippen LogP contribution in [-0.4, -0.2) is 52.1 Å². The predicted molar refractivity (Wildman–Crippen MR) is 203 cm³/mol. The number of hydrogen-bond acceptors (Lipinski definition) is 2. The molecular formula is C43H65N2P. The summed E-state index contributed by atoms with van der Waals surface area (Å²) in [6.07, 6.45) is 40.8. The van der Waals surface area contributed by atoms with Crippen LogP contribution in [0.3, 0.4) is 0 Å². The van der Waals surface area contributed by atoms with Crippen LogP contribution in [0.2, 0.25) is 0 Å². The molecule has 3 heteroatoms. The summed E-state index contributed by atoms with van der Waals surface area (Å²) < 4.78 is 0. The summed E-state index contributed by atoms with van der Waals surface area (Å²) in [7, 11) is -2.01. The molecule has 0 aromatic heterocycles. The van der Waals surface area contributed by atoms with Gasteiger partial charge in [0.1, 0.15) is 0 Å². The van der Waals surface area contributed by atoms with Crippen molar-refractivity contribution >= 4 is 13.3 Å². The molecule has 46 heavy (non-hydrogen) atoms. The summed E-state index contributed by atoms with van der Waals surface area (Å²) >= 11 is 0. The molecule has 0 amide bonds. The normalized spacial score (nSPS) is 30.3. The molecule has 3 saturated carbocycles. The number of rotatable bonds is 8. The standard InChI is InChI=1S/C43H65N2P/c1-34-19-15-17-29-40(34)44-31-32-45(41-30-18-16-20-35(41)2)43(44)42(33-36-21-7-3-8-22-36)46(37-23-9-4-10-24-37,38-25-11-5-12-26-38)39-27-13-6-14-28-39/h3,7-8,15,17,20-22,29,33-34,37-39,41,43,46H,4-6,9-14,16,18-19,23-28,30-32H2,1-2H3/b42-33-/t34-,41+,43?/m0/s1. The van der Waals surface area contributed by atoms with E-state index in [0.717, 1.165) is 17.0 Å². The van der Waals surface area contributed by atoms with Crippen molar-refractivity contribution in [3.05, 3.63) is 76.8 Å². The summed E-state index contributed by atoms with van der Waals surface area (Å²) in [5, 5.41) is 2.00. The van der Waals surface area contributed by atoms with E-state index in [2.05, 4.69) is 84.4 Å². The third-order valence-electron chi connectivity index (χ3n) is 13.8. The van der Waals surface area contributed by atoms with Gasteiger partial charge in [0.2, 0.25) is 0 Å². The molecule has 252 valence electrons. The first kappa shape index (κ1) is 32.9. The molecule has 1 aromatic carbocycles. The Labute approximate surface area is 283 Å². The Bertz CT molecular complexity index is 1210. The fourth-order valence-corrected chi connectivity index (χ4v) is 20.4. The minimum absolute atomic E-state index is 0.421. The molecule has 5 aliphatic carbocycles. The van der Waals surface area contributed by atoms with Crippen molar-refractivity contribution in [2.45, 2.75) is 165 Å². The topological polar surface area (TPSA) is 6.48 Å². The molecule has 1 unspecified atom stereocenters. The fraction of sp³-hybridized carbons (Fsp3) is 0.674. The van der Waals surface area contributed by atoms with Crippen LogP contribution in [0.5, 0.6) is 0 Å². The second-order valence-corrected chi connectivity index (χ2v) is 21.2. The van der Waals surface area contributed by atoms with E-state index in [4.69, 9.17) is 0 Å². The Hall–Kier alpha value is -1.63. The van der Waals surface area contributed by atoms with Crippen LogP contribution in [0.1, 0.15) is 141 Å². The van der Waals surface area contributed by atoms with Crippen molar-refractivity contribution in [1.29, 1.82) is 0 Å². The van der Waals surface area contributed by atoms with Crippen molar-refractivity contribution in [2.75, 3.05) is 13.1 Å². The van der Waals surface area contributed by atoms with Crippen molar-refractivity contribution in [2.24, 2.45) is 5.92 Å². The Balaban J connectivity index is 1.48. The molecule has 1 aliphatic heterocycles. The zero-order valence-corrected chi connectivity index (χ0v) is 30.5. The minimum atomic E-state index is -2.01. The van der Waals surface area contributed by atoms with Crippen LogP contribution in [0.4, 0.5) is 0 Å². The van der Waals surface area contributed by atoms with E-state index in [-0.39, 0.29) is 0 Å². The van der Waals surface area contributed by atoms with E-state index in [1.807, 2.05) is 5.31 Å². The van der Waals surface area contributed by atoms with Gasteiger partial charge in [-0.25, -0.2) is 0 Å². The molecule has 1 aromatic rings. The monoisotopic (exact) mass is 640 g/mol. The third-order valence-corrected chi connectivity index (χ3v) is 20.9. The van der Waals surface area contributed by atoms with Crippen LogP contribution in [0.25, 0.3) is 6.08 Å². The summed E-state index contributed by atoms with van der Waals surface area (Å²) in [6.45, 7) is 7.39. The van der Waals surface area contributed by atoms with Crippen LogP contribution < -0.4 is 0 Å². The average Bonchev–Trinajstić information content (AvgIpc) is 3.54. The van der Waals surface area contributed by atoms with Crippen LogP contribution in [0.15, 0.2) is 71.2 Å². The SMILES string of the molecule is CC1=CCCC[C@H]1N1CCN(C2=CC=CC[C@@H]2C)C1/C(=C/c1ccccc1)[PH](C1CCCCC1)(C1CCCCC1)C1CCCCC1. The molecule has 2 nitrogen and oxygen atoms in total. The molecule has 7 rings (SSSR count). The predicted octanol–water partition coefficient (Wildman–Crippen LogP) is 11.7. The first-order valence-corrected chi connectivity index (χ1v) is 22.2. The molecule has 0 spiro atoms. The van der Waals surface area contributed by atoms with Gasteiger partial charge in [0.15, 0.2) is 0 Å². The Kier molecular flexibility index (Phi) is 10.9. The Morgan fingerprint density at radius 3 is 1.91 bits per heavy atom. The van der Waals surface area contributed by atoms with E-state index < -0.39 is 7.26 Å². The van der Waals surface area contributed by atoms with Gasteiger partial charge >= 0.3 is 284 Å². The van der Waals surface area contributed by atoms with Gasteiger partial charge in [-0.05, 0) is 0 Å². The summed E-state index contributed by atoms with van der Waals surface area (Å²) in [4.78, 5) is 6.11. The molecule has 1 heterocycles. The van der Waals surface area contributed by atoms with Gasteiger partial charge in [-0.2, -0.15) is 0 Å². The van der Waals surface area contributed by atoms with Gasteiger partial charge in [-0.3, -0.25) is 0 Å². The Morgan fingerprint density at radius 2 is 1.35 bits per heavy atom. The second-order valence-electron chi connectivity index (χ2n) is 16.3. The third kappa shape index (κ3) is 6.53. The number of benzene rings is 1. The van der Waals surface area contributed by atoms with E-state index in [9.17, 15) is 0 Å². The maximum atomic E-state index is 3.10. The summed E-state index contributed by atoms with van der Waals surface area (Å²) in [6, 6.07) is 12.3. The fourth-order valence-electron chi connectivity index (χ4n) is 11.7. The van der Waals surface area contributed by atoms with Gasteiger partial charge in [0.25, 0.3) is 0 Å². The quantitative estimate of drug-likeness (QED) is 0.206. The van der Waals surface area contributed by atoms with E-state index >= 15 is 0 Å². The van der Waals surface area contributed by atoms with Gasteiger partial charge in [-0.1, -0.05) is 0 Å². The van der Waals surface area contributed by atoms with E-state index in [1.54, 1.807) is 11.3 Å². The van der Waals surface area contributed by atoms with E-state index in [1.165, 1.54) is 141 Å². The number of hydrogen-bond donors (Lipinski definition) is 0. The molecule has 0 radical (unpaired) electrons. The van der Waals surface area contributed by atoms with Gasteiger partial charge in [-0.15, -0.1) is 0 Å². The molecule has 6 aliphatic rings. The van der Waals surface area contributed by atoms with Gasteiger partial charge in [0, 0.05) is 0 Å². The summed E-state index contributed by atoms with van der Waals surface area (Å²) in [5.41, 5.74) is 7.66. The zero-order valence-electron chi connectivity index (χ0n) is 29.5. The number of nitrogens with zero attached hydrogens (tertiary/aromatic N) is 2. The average molecular weight is 641 g/mol. The maximum absolute atomic E-state index is 3.10. The van der Waals surface area contributed by atoms with Crippen molar-refractivity contribution in [3.63, 3.8) is 0 Å². The summed E-state index contributed by atoms with van der Waals surface area (Å²) in [5.74, 6) is 0.600. The molecule has 1 saturated heterocycles. The molecule has 3 atom stereocenters.